The molecule has 0 aromatic carbocycles. The summed E-state index contributed by atoms with van der Waals surface area (Å²) in [7, 11) is -4.07. The van der Waals surface area contributed by atoms with Crippen molar-refractivity contribution in [3.63, 3.8) is 0 Å². The average molecular weight is 419 g/mol. The van der Waals surface area contributed by atoms with Gasteiger partial charge < -0.3 is 14.2 Å². The Bertz CT molecular complexity index is 625. The number of esters is 3. The highest BCUT2D eigenvalue weighted by molar-refractivity contribution is 7.85. The quantitative estimate of drug-likeness (QED) is 0.117. The largest absolute Gasteiger partial charge is 0.465 e. The Labute approximate surface area is 175 Å². The third-order valence-corrected chi connectivity index (χ3v) is 3.71. The van der Waals surface area contributed by atoms with E-state index in [0.717, 1.165) is 0 Å². The van der Waals surface area contributed by atoms with Crippen LogP contribution < -0.4 is 0 Å². The fraction of sp³-hybridized carbons (Fsp3) is 0.562. The first-order valence-electron chi connectivity index (χ1n) is 7.71. The minimum atomic E-state index is -4.07. The second-order valence-corrected chi connectivity index (χ2v) is 7.19. The Morgan fingerprint density at radius 3 is 1.74 bits per heavy atom. The zero-order valence-corrected chi connectivity index (χ0v) is 15.7. The van der Waals surface area contributed by atoms with Crippen molar-refractivity contribution in [3.8, 4) is 0 Å². The number of carbonyl (C=O) groups is 3. The maximum atomic E-state index is 12.1. The van der Waals surface area contributed by atoms with E-state index < -0.39 is 39.7 Å². The van der Waals surface area contributed by atoms with Crippen LogP contribution in [0.1, 0.15) is 26.7 Å². The van der Waals surface area contributed by atoms with Gasteiger partial charge in [-0.2, -0.15) is 8.42 Å². The summed E-state index contributed by atoms with van der Waals surface area (Å²) in [5.41, 5.74) is 0.280. The molecule has 0 aliphatic rings. The predicted molar refractivity (Wildman–Crippen MR) is 100 cm³/mol. The van der Waals surface area contributed by atoms with Gasteiger partial charge >= 0.3 is 41.0 Å². The summed E-state index contributed by atoms with van der Waals surface area (Å²) in [5, 5.41) is 0. The topological polar surface area (TPSA) is 133 Å². The lowest BCUT2D eigenvalue weighted by Gasteiger charge is -2.16. The lowest BCUT2D eigenvalue weighted by molar-refractivity contribution is -0.158. The summed E-state index contributed by atoms with van der Waals surface area (Å²) in [6.45, 7) is 8.83. The number of hydrogen-bond donors (Lipinski definition) is 1. The molecule has 0 heterocycles. The Morgan fingerprint density at radius 1 is 0.926 bits per heavy atom. The summed E-state index contributed by atoms with van der Waals surface area (Å²) >= 11 is 0. The van der Waals surface area contributed by atoms with Crippen LogP contribution in [0.2, 0.25) is 0 Å². The minimum Gasteiger partial charge on any atom is -0.465 e. The van der Waals surface area contributed by atoms with E-state index in [4.69, 9.17) is 18.8 Å². The van der Waals surface area contributed by atoms with Gasteiger partial charge in [-0.05, 0) is 26.7 Å². The number of ether oxygens (including phenoxy) is 3. The van der Waals surface area contributed by atoms with Crippen molar-refractivity contribution in [1.29, 1.82) is 0 Å². The SMILES string of the molecule is C=C(C)C(=O)OCC(COC(=O)C(=C)C)C(=O)OCCCCS(=O)(=O)O.[MgH2]. The van der Waals surface area contributed by atoms with E-state index in [1.807, 2.05) is 0 Å². The van der Waals surface area contributed by atoms with E-state index >= 15 is 0 Å². The van der Waals surface area contributed by atoms with E-state index in [0.29, 0.717) is 0 Å². The molecule has 0 radical (unpaired) electrons. The summed E-state index contributed by atoms with van der Waals surface area (Å²) in [4.78, 5) is 34.9. The third kappa shape index (κ3) is 14.3. The van der Waals surface area contributed by atoms with Gasteiger partial charge in [0.05, 0.1) is 12.4 Å². The molecule has 27 heavy (non-hydrogen) atoms. The van der Waals surface area contributed by atoms with Crippen LogP contribution in [0.3, 0.4) is 0 Å². The molecular weight excluding hydrogens is 393 g/mol. The second-order valence-electron chi connectivity index (χ2n) is 5.62. The van der Waals surface area contributed by atoms with Crippen molar-refractivity contribution in [3.05, 3.63) is 24.3 Å². The lowest BCUT2D eigenvalue weighted by Crippen LogP contribution is -2.30. The lowest BCUT2D eigenvalue weighted by atomic mass is 10.2. The van der Waals surface area contributed by atoms with E-state index in [9.17, 15) is 22.8 Å². The predicted octanol–water partition coefficient (Wildman–Crippen LogP) is 0.136. The van der Waals surface area contributed by atoms with Crippen LogP contribution in [0.25, 0.3) is 0 Å². The molecule has 0 fully saturated rings. The van der Waals surface area contributed by atoms with Crippen LogP contribution >= 0.6 is 0 Å². The molecule has 1 N–H and O–H groups in total. The highest BCUT2D eigenvalue weighted by Gasteiger charge is 2.24. The van der Waals surface area contributed by atoms with Crippen molar-refractivity contribution in [1.82, 2.24) is 0 Å². The fourth-order valence-electron chi connectivity index (χ4n) is 1.46. The first-order valence-corrected chi connectivity index (χ1v) is 9.32. The summed E-state index contributed by atoms with van der Waals surface area (Å²) in [6.07, 6.45) is 0.307. The van der Waals surface area contributed by atoms with Crippen molar-refractivity contribution in [2.45, 2.75) is 26.7 Å². The van der Waals surface area contributed by atoms with Gasteiger partial charge in [-0.15, -0.1) is 0 Å². The van der Waals surface area contributed by atoms with Crippen molar-refractivity contribution >= 4 is 51.1 Å². The third-order valence-electron chi connectivity index (χ3n) is 2.90. The van der Waals surface area contributed by atoms with Crippen LogP contribution in [0.15, 0.2) is 24.3 Å². The first kappa shape index (κ1) is 27.8. The van der Waals surface area contributed by atoms with Gasteiger partial charge in [0.1, 0.15) is 19.1 Å². The Morgan fingerprint density at radius 2 is 1.37 bits per heavy atom. The summed E-state index contributed by atoms with van der Waals surface area (Å²) in [5.74, 6) is -3.69. The van der Waals surface area contributed by atoms with E-state index in [-0.39, 0.29) is 66.9 Å². The molecule has 0 saturated carbocycles. The second kappa shape index (κ2) is 13.7. The average Bonchev–Trinajstić information content (AvgIpc) is 2.52. The molecule has 9 nitrogen and oxygen atoms in total. The standard InChI is InChI=1S/C16H24O9S.Mg.2H/c1-11(2)14(17)24-9-13(10-25-15(18)12(3)4)16(19)23-7-5-6-8-26(20,21)22;;;/h13H,1,3,5-10H2,2,4H3,(H,20,21,22);;;. The Kier molecular flexibility index (Phi) is 14.1. The molecule has 0 atom stereocenters. The fourth-order valence-corrected chi connectivity index (χ4v) is 2.03. The highest BCUT2D eigenvalue weighted by atomic mass is 32.2. The van der Waals surface area contributed by atoms with Crippen LogP contribution in [0, 0.1) is 5.92 Å². The smallest absolute Gasteiger partial charge is 0.333 e. The molecule has 0 spiro atoms. The zero-order chi connectivity index (χ0) is 20.3. The maximum Gasteiger partial charge on any atom is 0.333 e. The van der Waals surface area contributed by atoms with Crippen molar-refractivity contribution < 1.29 is 41.6 Å². The van der Waals surface area contributed by atoms with Gasteiger partial charge in [0.15, 0.2) is 0 Å². The molecule has 11 heteroatoms. The summed E-state index contributed by atoms with van der Waals surface area (Å²) in [6, 6.07) is 0. The highest BCUT2D eigenvalue weighted by Crippen LogP contribution is 2.07. The van der Waals surface area contributed by atoms with Gasteiger partial charge in [0, 0.05) is 11.1 Å². The maximum absolute atomic E-state index is 12.1. The van der Waals surface area contributed by atoms with Gasteiger partial charge in [0.25, 0.3) is 10.1 Å². The van der Waals surface area contributed by atoms with Crippen LogP contribution in [0.5, 0.6) is 0 Å². The van der Waals surface area contributed by atoms with E-state index in [2.05, 4.69) is 13.2 Å². The molecule has 0 aromatic rings. The van der Waals surface area contributed by atoms with Crippen LogP contribution in [0.4, 0.5) is 0 Å². The van der Waals surface area contributed by atoms with E-state index in [1.54, 1.807) is 0 Å². The van der Waals surface area contributed by atoms with Gasteiger partial charge in [-0.3, -0.25) is 9.35 Å². The number of unbranched alkanes of at least 4 members (excludes halogenated alkanes) is 1. The Balaban J connectivity index is 0. The molecule has 152 valence electrons. The molecular formula is C16H26MgO9S. The first-order chi connectivity index (χ1) is 11.9. The van der Waals surface area contributed by atoms with Crippen LogP contribution in [-0.4, -0.2) is 79.5 Å². The van der Waals surface area contributed by atoms with Crippen molar-refractivity contribution in [2.24, 2.45) is 5.92 Å². The van der Waals surface area contributed by atoms with Gasteiger partial charge in [-0.25, -0.2) is 9.59 Å². The molecule has 0 aliphatic heterocycles. The van der Waals surface area contributed by atoms with Gasteiger partial charge in [0.2, 0.25) is 0 Å². The monoisotopic (exact) mass is 418 g/mol. The molecule has 0 bridgehead atoms. The normalized spacial score (nSPS) is 10.5. The molecule has 0 rings (SSSR count). The summed E-state index contributed by atoms with van der Waals surface area (Å²) < 4.78 is 44.5. The molecule has 0 amide bonds. The number of carbonyl (C=O) groups excluding carboxylic acids is 3. The van der Waals surface area contributed by atoms with Crippen molar-refractivity contribution in [2.75, 3.05) is 25.6 Å². The zero-order valence-electron chi connectivity index (χ0n) is 14.9. The van der Waals surface area contributed by atoms with E-state index in [1.165, 1.54) is 13.8 Å². The molecule has 0 aromatic heterocycles. The van der Waals surface area contributed by atoms with Gasteiger partial charge in [-0.1, -0.05) is 13.2 Å². The Hall–Kier alpha value is -1.43. The number of hydrogen-bond acceptors (Lipinski definition) is 8. The minimum absolute atomic E-state index is 0. The molecule has 0 aliphatic carbocycles. The van der Waals surface area contributed by atoms with Crippen LogP contribution in [-0.2, 0) is 38.7 Å². The molecule has 0 saturated heterocycles. The molecule has 0 unspecified atom stereocenters. The number of rotatable bonds is 12.